The number of hydrogen-bond acceptors (Lipinski definition) is 7. The Morgan fingerprint density at radius 2 is 2.41 bits per heavy atom. The second kappa shape index (κ2) is 4.76. The number of hydrogen-bond donors (Lipinski definition) is 1. The van der Waals surface area contributed by atoms with Crippen LogP contribution in [0.25, 0.3) is 0 Å². The molecule has 1 aliphatic heterocycles. The van der Waals surface area contributed by atoms with E-state index in [-0.39, 0.29) is 18.9 Å². The van der Waals surface area contributed by atoms with E-state index < -0.39 is 18.1 Å². The van der Waals surface area contributed by atoms with Crippen LogP contribution in [0.1, 0.15) is 16.1 Å². The summed E-state index contributed by atoms with van der Waals surface area (Å²) >= 11 is 0.954. The van der Waals surface area contributed by atoms with Gasteiger partial charge in [0.1, 0.15) is 10.9 Å². The van der Waals surface area contributed by atoms with Gasteiger partial charge in [0, 0.05) is 13.0 Å². The monoisotopic (exact) mass is 257 g/mol. The quantitative estimate of drug-likeness (QED) is 0.703. The lowest BCUT2D eigenvalue weighted by Gasteiger charge is -2.21. The molecule has 0 radical (unpaired) electrons. The predicted octanol–water partition coefficient (Wildman–Crippen LogP) is -0.714. The van der Waals surface area contributed by atoms with Crippen molar-refractivity contribution in [3.8, 4) is 0 Å². The molecule has 0 bridgehead atoms. The van der Waals surface area contributed by atoms with Crippen molar-refractivity contribution in [1.82, 2.24) is 14.5 Å². The number of carbonyl (C=O) groups is 2. The third-order valence-corrected chi connectivity index (χ3v) is 3.24. The van der Waals surface area contributed by atoms with Gasteiger partial charge < -0.3 is 14.7 Å². The Balaban J connectivity index is 2.18. The van der Waals surface area contributed by atoms with E-state index in [1.807, 2.05) is 0 Å². The number of aromatic nitrogens is 2. The molecule has 1 aromatic heterocycles. The van der Waals surface area contributed by atoms with Crippen LogP contribution in [0.15, 0.2) is 6.20 Å². The molecule has 2 unspecified atom stereocenters. The minimum atomic E-state index is -0.732. The molecule has 1 amide bonds. The van der Waals surface area contributed by atoms with Crippen molar-refractivity contribution in [2.24, 2.45) is 0 Å². The van der Waals surface area contributed by atoms with Gasteiger partial charge in [0.25, 0.3) is 5.91 Å². The second-order valence-corrected chi connectivity index (χ2v) is 4.45. The number of aliphatic hydroxyl groups is 1. The van der Waals surface area contributed by atoms with Gasteiger partial charge in [-0.15, -0.1) is 5.10 Å². The highest BCUT2D eigenvalue weighted by molar-refractivity contribution is 7.07. The zero-order chi connectivity index (χ0) is 12.4. The molecular formula is C9H11N3O4S. The molecule has 2 atom stereocenters. The number of carbonyl (C=O) groups excluding carboxylic acids is 2. The molecule has 1 N–H and O–H groups in total. The van der Waals surface area contributed by atoms with Crippen molar-refractivity contribution in [1.29, 1.82) is 0 Å². The Labute approximate surface area is 101 Å². The molecule has 0 aromatic carbocycles. The average molecular weight is 257 g/mol. The summed E-state index contributed by atoms with van der Waals surface area (Å²) in [6, 6.07) is -0.732. The highest BCUT2D eigenvalue weighted by Gasteiger charge is 2.40. The first-order chi connectivity index (χ1) is 8.13. The third-order valence-electron chi connectivity index (χ3n) is 2.59. The smallest absolute Gasteiger partial charge is 0.328 e. The lowest BCUT2D eigenvalue weighted by molar-refractivity contribution is -0.145. The topological polar surface area (TPSA) is 92.6 Å². The van der Waals surface area contributed by atoms with Crippen LogP contribution in [0.3, 0.4) is 0 Å². The zero-order valence-electron chi connectivity index (χ0n) is 9.07. The third kappa shape index (κ3) is 2.27. The highest BCUT2D eigenvalue weighted by Crippen LogP contribution is 2.22. The fourth-order valence-corrected chi connectivity index (χ4v) is 2.27. The normalized spacial score (nSPS) is 23.8. The van der Waals surface area contributed by atoms with Gasteiger partial charge in [0.05, 0.1) is 19.4 Å². The number of β-amino-alcohol motifs (C(OH)–C–C–N with tert-alkyl or cyclic N) is 1. The summed E-state index contributed by atoms with van der Waals surface area (Å²) in [5, 5.41) is 13.1. The number of amides is 1. The minimum Gasteiger partial charge on any atom is -0.467 e. The fourth-order valence-electron chi connectivity index (χ4n) is 1.80. The first-order valence-corrected chi connectivity index (χ1v) is 5.75. The van der Waals surface area contributed by atoms with Gasteiger partial charge in [-0.1, -0.05) is 4.49 Å². The number of ether oxygens (including phenoxy) is 1. The van der Waals surface area contributed by atoms with Gasteiger partial charge in [0.15, 0.2) is 0 Å². The summed E-state index contributed by atoms with van der Waals surface area (Å²) in [5.74, 6) is -0.876. The van der Waals surface area contributed by atoms with Crippen LogP contribution in [0.5, 0.6) is 0 Å². The highest BCUT2D eigenvalue weighted by atomic mass is 32.1. The summed E-state index contributed by atoms with van der Waals surface area (Å²) in [5.41, 5.74) is 0. The van der Waals surface area contributed by atoms with Gasteiger partial charge in [-0.25, -0.2) is 4.79 Å². The lowest BCUT2D eigenvalue weighted by Crippen LogP contribution is -2.40. The fraction of sp³-hybridized carbons (Fsp3) is 0.556. The summed E-state index contributed by atoms with van der Waals surface area (Å²) in [6.45, 7) is 0.122. The maximum atomic E-state index is 12.0. The van der Waals surface area contributed by atoms with Crippen LogP contribution in [-0.4, -0.2) is 57.3 Å². The van der Waals surface area contributed by atoms with Crippen molar-refractivity contribution in [2.45, 2.75) is 18.6 Å². The predicted molar refractivity (Wildman–Crippen MR) is 57.4 cm³/mol. The molecule has 2 heterocycles. The number of likely N-dealkylation sites (tertiary alicyclic amines) is 1. The molecule has 7 nitrogen and oxygen atoms in total. The molecule has 1 fully saturated rings. The van der Waals surface area contributed by atoms with Crippen molar-refractivity contribution in [2.75, 3.05) is 13.7 Å². The summed E-state index contributed by atoms with van der Waals surface area (Å²) in [4.78, 5) is 25.1. The van der Waals surface area contributed by atoms with Crippen LogP contribution in [0.4, 0.5) is 0 Å². The molecule has 0 spiro atoms. The van der Waals surface area contributed by atoms with Crippen LogP contribution in [0.2, 0.25) is 0 Å². The molecule has 0 aliphatic carbocycles. The van der Waals surface area contributed by atoms with Crippen LogP contribution < -0.4 is 0 Å². The van der Waals surface area contributed by atoms with Gasteiger partial charge in [-0.05, 0) is 11.5 Å². The average Bonchev–Trinajstić information content (AvgIpc) is 2.95. The van der Waals surface area contributed by atoms with E-state index in [0.717, 1.165) is 11.5 Å². The molecular weight excluding hydrogens is 246 g/mol. The zero-order valence-corrected chi connectivity index (χ0v) is 9.88. The van der Waals surface area contributed by atoms with E-state index >= 15 is 0 Å². The van der Waals surface area contributed by atoms with Gasteiger partial charge in [0.2, 0.25) is 0 Å². The minimum absolute atomic E-state index is 0.122. The Morgan fingerprint density at radius 3 is 3.00 bits per heavy atom. The van der Waals surface area contributed by atoms with E-state index in [9.17, 15) is 14.7 Å². The van der Waals surface area contributed by atoms with Gasteiger partial charge in [-0.3, -0.25) is 4.79 Å². The number of rotatable bonds is 2. The number of esters is 1. The Morgan fingerprint density at radius 1 is 1.65 bits per heavy atom. The van der Waals surface area contributed by atoms with Crippen LogP contribution >= 0.6 is 11.5 Å². The summed E-state index contributed by atoms with van der Waals surface area (Å²) in [6.07, 6.45) is 0.834. The van der Waals surface area contributed by atoms with E-state index in [0.29, 0.717) is 4.88 Å². The molecule has 17 heavy (non-hydrogen) atoms. The Kier molecular flexibility index (Phi) is 3.34. The largest absolute Gasteiger partial charge is 0.467 e. The SMILES string of the molecule is COC(=O)C1CC(O)CN1C(=O)c1cnns1. The first-order valence-electron chi connectivity index (χ1n) is 4.97. The van der Waals surface area contributed by atoms with E-state index in [1.165, 1.54) is 18.2 Å². The van der Waals surface area contributed by atoms with Crippen molar-refractivity contribution in [3.63, 3.8) is 0 Å². The Bertz CT molecular complexity index is 422. The lowest BCUT2D eigenvalue weighted by atomic mass is 10.2. The molecule has 1 aromatic rings. The van der Waals surface area contributed by atoms with Crippen molar-refractivity contribution >= 4 is 23.4 Å². The molecule has 0 saturated carbocycles. The van der Waals surface area contributed by atoms with E-state index in [2.05, 4.69) is 14.3 Å². The van der Waals surface area contributed by atoms with Crippen molar-refractivity contribution in [3.05, 3.63) is 11.1 Å². The molecule has 1 aliphatic rings. The molecule has 92 valence electrons. The van der Waals surface area contributed by atoms with E-state index in [4.69, 9.17) is 0 Å². The van der Waals surface area contributed by atoms with Gasteiger partial charge in [-0.2, -0.15) is 0 Å². The number of aliphatic hydroxyl groups excluding tert-OH is 1. The number of methoxy groups -OCH3 is 1. The van der Waals surface area contributed by atoms with Crippen LogP contribution in [0, 0.1) is 0 Å². The molecule has 8 heteroatoms. The molecule has 2 rings (SSSR count). The summed E-state index contributed by atoms with van der Waals surface area (Å²) in [7, 11) is 1.25. The maximum absolute atomic E-state index is 12.0. The first kappa shape index (κ1) is 11.9. The summed E-state index contributed by atoms with van der Waals surface area (Å²) < 4.78 is 8.20. The van der Waals surface area contributed by atoms with Gasteiger partial charge >= 0.3 is 5.97 Å². The Hall–Kier alpha value is -1.54. The standard InChI is InChI=1S/C9H11N3O4S/c1-16-9(15)6-2-5(13)4-12(6)8(14)7-3-10-11-17-7/h3,5-6,13H,2,4H2,1H3. The number of nitrogens with zero attached hydrogens (tertiary/aromatic N) is 3. The van der Waals surface area contributed by atoms with Crippen molar-refractivity contribution < 1.29 is 19.4 Å². The second-order valence-electron chi connectivity index (χ2n) is 3.67. The maximum Gasteiger partial charge on any atom is 0.328 e. The van der Waals surface area contributed by atoms with E-state index in [1.54, 1.807) is 0 Å². The van der Waals surface area contributed by atoms with Crippen LogP contribution in [-0.2, 0) is 9.53 Å². The molecule has 1 saturated heterocycles.